The molecule has 3 rings (SSSR count). The van der Waals surface area contributed by atoms with Crippen LogP contribution in [0.4, 0.5) is 0 Å². The summed E-state index contributed by atoms with van der Waals surface area (Å²) in [5.74, 6) is 0. The van der Waals surface area contributed by atoms with Gasteiger partial charge in [-0.3, -0.25) is 0 Å². The van der Waals surface area contributed by atoms with E-state index >= 15 is 0 Å². The first-order chi connectivity index (χ1) is 8.93. The van der Waals surface area contributed by atoms with Crippen molar-refractivity contribution in [2.45, 2.75) is 11.3 Å². The Labute approximate surface area is 111 Å². The van der Waals surface area contributed by atoms with Gasteiger partial charge in [-0.1, -0.05) is 60.3 Å². The molecule has 0 atom stereocenters. The SMILES string of the molecule is C1=C(/c2ccccc2)Sc2ccccc2CCO/1. The van der Waals surface area contributed by atoms with Crippen LogP contribution in [0.25, 0.3) is 4.91 Å². The van der Waals surface area contributed by atoms with E-state index in [2.05, 4.69) is 48.5 Å². The molecule has 0 amide bonds. The highest BCUT2D eigenvalue weighted by Gasteiger charge is 2.10. The summed E-state index contributed by atoms with van der Waals surface area (Å²) in [7, 11) is 0. The minimum Gasteiger partial charge on any atom is -0.500 e. The van der Waals surface area contributed by atoms with Crippen molar-refractivity contribution < 1.29 is 4.74 Å². The minimum atomic E-state index is 0.744. The van der Waals surface area contributed by atoms with Crippen LogP contribution in [0, 0.1) is 0 Å². The van der Waals surface area contributed by atoms with Crippen LogP contribution in [-0.4, -0.2) is 6.61 Å². The first-order valence-corrected chi connectivity index (χ1v) is 6.88. The Kier molecular flexibility index (Phi) is 3.37. The molecule has 1 aliphatic rings. The van der Waals surface area contributed by atoms with Gasteiger partial charge in [0.1, 0.15) is 0 Å². The van der Waals surface area contributed by atoms with Crippen molar-refractivity contribution in [3.05, 3.63) is 72.0 Å². The molecule has 0 radical (unpaired) electrons. The predicted molar refractivity (Wildman–Crippen MR) is 76.4 cm³/mol. The van der Waals surface area contributed by atoms with Crippen LogP contribution in [0.2, 0.25) is 0 Å². The van der Waals surface area contributed by atoms with E-state index in [-0.39, 0.29) is 0 Å². The molecule has 1 heterocycles. The van der Waals surface area contributed by atoms with Crippen molar-refractivity contribution in [1.29, 1.82) is 0 Å². The van der Waals surface area contributed by atoms with E-state index in [1.807, 2.05) is 12.3 Å². The molecule has 2 heteroatoms. The molecule has 0 N–H and O–H groups in total. The molecule has 2 aromatic rings. The first kappa shape index (κ1) is 11.4. The van der Waals surface area contributed by atoms with Crippen LogP contribution in [0.15, 0.2) is 65.8 Å². The monoisotopic (exact) mass is 254 g/mol. The molecule has 1 nitrogen and oxygen atoms in total. The molecule has 0 fully saturated rings. The van der Waals surface area contributed by atoms with Crippen LogP contribution in [0.3, 0.4) is 0 Å². The van der Waals surface area contributed by atoms with Crippen molar-refractivity contribution in [2.75, 3.05) is 6.61 Å². The van der Waals surface area contributed by atoms with Crippen LogP contribution >= 0.6 is 11.8 Å². The summed E-state index contributed by atoms with van der Waals surface area (Å²) in [6.45, 7) is 0.744. The highest BCUT2D eigenvalue weighted by molar-refractivity contribution is 8.08. The van der Waals surface area contributed by atoms with Crippen LogP contribution < -0.4 is 0 Å². The quantitative estimate of drug-likeness (QED) is 0.748. The molecular weight excluding hydrogens is 240 g/mol. The lowest BCUT2D eigenvalue weighted by atomic mass is 10.1. The Bertz CT molecular complexity index is 560. The maximum Gasteiger partial charge on any atom is 0.0974 e. The molecule has 0 saturated heterocycles. The van der Waals surface area contributed by atoms with Crippen molar-refractivity contribution >= 4 is 16.7 Å². The molecule has 1 aliphatic heterocycles. The average molecular weight is 254 g/mol. The van der Waals surface area contributed by atoms with E-state index in [1.54, 1.807) is 11.8 Å². The number of rotatable bonds is 1. The number of thioether (sulfide) groups is 1. The van der Waals surface area contributed by atoms with E-state index in [1.165, 1.54) is 20.9 Å². The number of fused-ring (bicyclic) bond motifs is 1. The third-order valence-electron chi connectivity index (χ3n) is 2.93. The summed E-state index contributed by atoms with van der Waals surface area (Å²) < 4.78 is 5.62. The highest BCUT2D eigenvalue weighted by atomic mass is 32.2. The first-order valence-electron chi connectivity index (χ1n) is 6.06. The Morgan fingerprint density at radius 2 is 1.67 bits per heavy atom. The summed E-state index contributed by atoms with van der Waals surface area (Å²) in [6.07, 6.45) is 2.86. The van der Waals surface area contributed by atoms with E-state index < -0.39 is 0 Å². The van der Waals surface area contributed by atoms with Gasteiger partial charge < -0.3 is 4.74 Å². The molecule has 0 saturated carbocycles. The van der Waals surface area contributed by atoms with Crippen LogP contribution in [0.5, 0.6) is 0 Å². The maximum absolute atomic E-state index is 5.62. The molecule has 18 heavy (non-hydrogen) atoms. The standard InChI is InChI=1S/C16H14OS/c1-2-6-13(7-3-1)16-12-17-11-10-14-8-4-5-9-15(14)18-16/h1-9,12H,10-11H2/b16-12-. The molecule has 0 bridgehead atoms. The topological polar surface area (TPSA) is 9.23 Å². The Morgan fingerprint density at radius 1 is 0.889 bits per heavy atom. The molecule has 0 aliphatic carbocycles. The Balaban J connectivity index is 1.97. The maximum atomic E-state index is 5.62. The largest absolute Gasteiger partial charge is 0.500 e. The molecule has 0 unspecified atom stereocenters. The molecular formula is C16H14OS. The Hall–Kier alpha value is -1.67. The van der Waals surface area contributed by atoms with Gasteiger partial charge in [0.05, 0.1) is 17.8 Å². The minimum absolute atomic E-state index is 0.744. The van der Waals surface area contributed by atoms with E-state index in [4.69, 9.17) is 4.74 Å². The van der Waals surface area contributed by atoms with Crippen molar-refractivity contribution in [1.82, 2.24) is 0 Å². The van der Waals surface area contributed by atoms with Gasteiger partial charge in [-0.15, -0.1) is 0 Å². The second-order valence-electron chi connectivity index (χ2n) is 4.18. The van der Waals surface area contributed by atoms with Gasteiger partial charge in [0.15, 0.2) is 0 Å². The van der Waals surface area contributed by atoms with E-state index in [0.717, 1.165) is 13.0 Å². The summed E-state index contributed by atoms with van der Waals surface area (Å²) in [4.78, 5) is 2.50. The fraction of sp³-hybridized carbons (Fsp3) is 0.125. The summed E-state index contributed by atoms with van der Waals surface area (Å²) in [5, 5.41) is 0. The summed E-state index contributed by atoms with van der Waals surface area (Å²) in [5.41, 5.74) is 2.57. The smallest absolute Gasteiger partial charge is 0.0974 e. The van der Waals surface area contributed by atoms with Gasteiger partial charge in [0, 0.05) is 11.3 Å². The number of benzene rings is 2. The van der Waals surface area contributed by atoms with Crippen LogP contribution in [-0.2, 0) is 11.2 Å². The summed E-state index contributed by atoms with van der Waals surface area (Å²) in [6, 6.07) is 18.9. The number of hydrogen-bond acceptors (Lipinski definition) is 2. The van der Waals surface area contributed by atoms with E-state index in [0.29, 0.717) is 0 Å². The van der Waals surface area contributed by atoms with Crippen molar-refractivity contribution in [3.63, 3.8) is 0 Å². The van der Waals surface area contributed by atoms with Gasteiger partial charge in [0.2, 0.25) is 0 Å². The normalized spacial score (nSPS) is 17.7. The number of ether oxygens (including phenoxy) is 1. The predicted octanol–water partition coefficient (Wildman–Crippen LogP) is 4.35. The fourth-order valence-electron chi connectivity index (χ4n) is 1.99. The van der Waals surface area contributed by atoms with Gasteiger partial charge in [-0.2, -0.15) is 0 Å². The second-order valence-corrected chi connectivity index (χ2v) is 5.26. The number of hydrogen-bond donors (Lipinski definition) is 0. The summed E-state index contributed by atoms with van der Waals surface area (Å²) >= 11 is 1.78. The highest BCUT2D eigenvalue weighted by Crippen LogP contribution is 2.37. The molecule has 90 valence electrons. The second kappa shape index (κ2) is 5.32. The van der Waals surface area contributed by atoms with Gasteiger partial charge in [-0.05, 0) is 17.2 Å². The lowest BCUT2D eigenvalue weighted by Gasteiger charge is -2.15. The van der Waals surface area contributed by atoms with Crippen LogP contribution in [0.1, 0.15) is 11.1 Å². The lowest BCUT2D eigenvalue weighted by Crippen LogP contribution is -1.99. The average Bonchev–Trinajstić information content (AvgIpc) is 2.41. The molecule has 0 aromatic heterocycles. The zero-order valence-electron chi connectivity index (χ0n) is 10.0. The van der Waals surface area contributed by atoms with Crippen molar-refractivity contribution in [3.8, 4) is 0 Å². The van der Waals surface area contributed by atoms with Gasteiger partial charge in [0.25, 0.3) is 0 Å². The van der Waals surface area contributed by atoms with E-state index in [9.17, 15) is 0 Å². The zero-order valence-corrected chi connectivity index (χ0v) is 10.8. The molecule has 2 aromatic carbocycles. The third-order valence-corrected chi connectivity index (χ3v) is 4.10. The zero-order chi connectivity index (χ0) is 12.2. The van der Waals surface area contributed by atoms with Gasteiger partial charge in [-0.25, -0.2) is 0 Å². The fourth-order valence-corrected chi connectivity index (χ4v) is 3.04. The molecule has 0 spiro atoms. The van der Waals surface area contributed by atoms with Crippen molar-refractivity contribution in [2.24, 2.45) is 0 Å². The lowest BCUT2D eigenvalue weighted by molar-refractivity contribution is 0.254. The third kappa shape index (κ3) is 2.44. The Morgan fingerprint density at radius 3 is 2.56 bits per heavy atom. The van der Waals surface area contributed by atoms with Gasteiger partial charge >= 0.3 is 0 Å².